The van der Waals surface area contributed by atoms with Crippen LogP contribution in [0.4, 0.5) is 0 Å². The van der Waals surface area contributed by atoms with Crippen LogP contribution in [0.15, 0.2) is 72.9 Å². The number of unbranched alkanes of at least 4 members (excludes halogenated alkanes) is 23. The Balaban J connectivity index is 1.21. The quantitative estimate of drug-likeness (QED) is 0.0200. The lowest BCUT2D eigenvalue weighted by atomic mass is 9.96. The Bertz CT molecular complexity index is 1880. The highest BCUT2D eigenvalue weighted by atomic mass is 16.8. The van der Waals surface area contributed by atoms with E-state index in [-0.39, 0.29) is 18.9 Å². The van der Waals surface area contributed by atoms with Crippen molar-refractivity contribution >= 4 is 5.91 Å². The molecule has 3 fully saturated rings. The van der Waals surface area contributed by atoms with Gasteiger partial charge in [0.1, 0.15) is 73.2 Å². The van der Waals surface area contributed by atoms with Gasteiger partial charge in [0, 0.05) is 6.42 Å². The van der Waals surface area contributed by atoms with E-state index in [0.29, 0.717) is 19.3 Å². The molecule has 0 radical (unpaired) electrons. The van der Waals surface area contributed by atoms with E-state index in [1.807, 2.05) is 0 Å². The van der Waals surface area contributed by atoms with Crippen LogP contribution in [0.2, 0.25) is 0 Å². The van der Waals surface area contributed by atoms with Crippen LogP contribution in [0.5, 0.6) is 0 Å². The molecule has 1 amide bonds. The lowest BCUT2D eigenvalue weighted by Gasteiger charge is -2.48. The van der Waals surface area contributed by atoms with Gasteiger partial charge >= 0.3 is 0 Å². The summed E-state index contributed by atoms with van der Waals surface area (Å²) < 4.78 is 34.1. The summed E-state index contributed by atoms with van der Waals surface area (Å²) in [6, 6.07) is -0.883. The summed E-state index contributed by atoms with van der Waals surface area (Å²) in [5, 5.41) is 120. The van der Waals surface area contributed by atoms with Gasteiger partial charge in [-0.2, -0.15) is 0 Å². The second kappa shape index (κ2) is 50.7. The van der Waals surface area contributed by atoms with Gasteiger partial charge in [-0.3, -0.25) is 4.79 Å². The monoisotopic (exact) mass is 1250 g/mol. The fourth-order valence-electron chi connectivity index (χ4n) is 11.3. The lowest BCUT2D eigenvalue weighted by molar-refractivity contribution is -0.379. The van der Waals surface area contributed by atoms with Gasteiger partial charge in [-0.05, 0) is 64.2 Å². The minimum atomic E-state index is -1.97. The Labute approximate surface area is 528 Å². The van der Waals surface area contributed by atoms with Crippen molar-refractivity contribution in [2.24, 2.45) is 0 Å². The Hall–Kier alpha value is -2.77. The molecule has 3 aliphatic heterocycles. The van der Waals surface area contributed by atoms with Gasteiger partial charge in [0.2, 0.25) is 5.91 Å². The zero-order valence-corrected chi connectivity index (χ0v) is 53.7. The van der Waals surface area contributed by atoms with Gasteiger partial charge in [0.25, 0.3) is 0 Å². The molecule has 0 saturated carbocycles. The van der Waals surface area contributed by atoms with Gasteiger partial charge in [0.15, 0.2) is 18.9 Å². The van der Waals surface area contributed by atoms with Crippen molar-refractivity contribution in [1.29, 1.82) is 0 Å². The highest BCUT2D eigenvalue weighted by Gasteiger charge is 2.53. The van der Waals surface area contributed by atoms with Crippen LogP contribution in [0, 0.1) is 0 Å². The van der Waals surface area contributed by atoms with Crippen molar-refractivity contribution in [3.63, 3.8) is 0 Å². The zero-order valence-electron chi connectivity index (χ0n) is 53.7. The molecule has 0 aromatic rings. The van der Waals surface area contributed by atoms with Crippen molar-refractivity contribution in [3.8, 4) is 0 Å². The molecular weight excluding hydrogens is 1130 g/mol. The fourth-order valence-corrected chi connectivity index (χ4v) is 11.3. The van der Waals surface area contributed by atoms with E-state index in [2.05, 4.69) is 92.1 Å². The fraction of sp³-hybridized carbons (Fsp3) is 0.812. The Morgan fingerprint density at radius 3 is 1.22 bits per heavy atom. The first-order valence-electron chi connectivity index (χ1n) is 34.2. The number of rotatable bonds is 51. The number of carbonyl (C=O) groups is 1. The first-order chi connectivity index (χ1) is 42.8. The molecule has 3 aliphatic rings. The van der Waals surface area contributed by atoms with Crippen molar-refractivity contribution in [1.82, 2.24) is 5.32 Å². The van der Waals surface area contributed by atoms with Crippen LogP contribution in [0.3, 0.4) is 0 Å². The van der Waals surface area contributed by atoms with E-state index in [9.17, 15) is 61.0 Å². The molecule has 3 rings (SSSR count). The van der Waals surface area contributed by atoms with E-state index >= 15 is 0 Å². The maximum absolute atomic E-state index is 13.2. The zero-order chi connectivity index (χ0) is 64.0. The molecule has 19 heteroatoms. The van der Waals surface area contributed by atoms with E-state index in [4.69, 9.17) is 28.4 Å². The number of allylic oxidation sites excluding steroid dienone is 12. The molecule has 17 unspecified atom stereocenters. The molecule has 0 spiro atoms. The third-order valence-corrected chi connectivity index (χ3v) is 16.8. The highest BCUT2D eigenvalue weighted by Crippen LogP contribution is 2.33. The van der Waals surface area contributed by atoms with Gasteiger partial charge < -0.3 is 89.9 Å². The number of nitrogens with one attached hydrogen (secondary N) is 1. The maximum atomic E-state index is 13.2. The van der Waals surface area contributed by atoms with Crippen LogP contribution in [0.25, 0.3) is 0 Å². The van der Waals surface area contributed by atoms with Gasteiger partial charge in [-0.25, -0.2) is 0 Å². The topological polar surface area (TPSA) is 307 Å². The third-order valence-electron chi connectivity index (χ3n) is 16.8. The first-order valence-corrected chi connectivity index (χ1v) is 34.2. The molecule has 0 bridgehead atoms. The second-order valence-corrected chi connectivity index (χ2v) is 24.3. The van der Waals surface area contributed by atoms with Crippen LogP contribution in [-0.4, -0.2) is 193 Å². The van der Waals surface area contributed by atoms with Gasteiger partial charge in [-0.1, -0.05) is 228 Å². The van der Waals surface area contributed by atoms with E-state index in [1.54, 1.807) is 0 Å². The number of aliphatic hydroxyl groups excluding tert-OH is 11. The summed E-state index contributed by atoms with van der Waals surface area (Å²) in [7, 11) is 0. The van der Waals surface area contributed by atoms with Crippen LogP contribution >= 0.6 is 0 Å². The number of hydrogen-bond donors (Lipinski definition) is 12. The summed E-state index contributed by atoms with van der Waals surface area (Å²) in [6.07, 6.45) is 37.0. The number of aliphatic hydroxyl groups is 11. The molecule has 0 aliphatic carbocycles. The Morgan fingerprint density at radius 1 is 0.420 bits per heavy atom. The molecular formula is C69H121NO18. The third kappa shape index (κ3) is 32.7. The number of hydrogen-bond acceptors (Lipinski definition) is 18. The van der Waals surface area contributed by atoms with E-state index < -0.39 is 124 Å². The maximum Gasteiger partial charge on any atom is 0.220 e. The first kappa shape index (κ1) is 79.5. The number of amides is 1. The number of ether oxygens (including phenoxy) is 6. The Morgan fingerprint density at radius 2 is 0.784 bits per heavy atom. The summed E-state index contributed by atoms with van der Waals surface area (Å²) in [4.78, 5) is 13.2. The standard InChI is InChI=1S/C69H121NO18/c1-3-5-7-9-10-11-12-13-14-15-16-17-18-19-20-21-22-23-24-25-26-27-28-29-30-31-32-33-34-35-36-37-38-39-40-41-42-43-45-47-57(75)70-52(53(74)46-44-8-6-4-2)51-83-67-63(81)60(78)65(55(49-72)85-67)88-69-64(82)61(79)66(56(50-73)86-69)87-68-62(80)59(77)58(76)54(48-71)84-68/h5,7,10-11,13-14,16-17,19-20,22-23,52-56,58-69,71-74,76-82H,3-4,6,8-9,12,15,18,21,24-51H2,1-2H3,(H,70,75)/b7-5-,11-10-,14-13-,17-16-,20-19-,23-22-. The van der Waals surface area contributed by atoms with Crippen molar-refractivity contribution in [2.45, 2.75) is 330 Å². The predicted molar refractivity (Wildman–Crippen MR) is 341 cm³/mol. The molecule has 88 heavy (non-hydrogen) atoms. The van der Waals surface area contributed by atoms with E-state index in [1.165, 1.54) is 109 Å². The van der Waals surface area contributed by atoms with Crippen molar-refractivity contribution in [3.05, 3.63) is 72.9 Å². The second-order valence-electron chi connectivity index (χ2n) is 24.3. The molecule has 0 aromatic heterocycles. The summed E-state index contributed by atoms with van der Waals surface area (Å²) in [5.74, 6) is -0.252. The molecule has 0 aromatic carbocycles. The SMILES string of the molecule is CC/C=C\C/C=C\C/C=C\C/C=C\C/C=C\C/C=C\CCCCCCCCCCCCCCCCCCCCCCC(=O)NC(COC1OC(CO)C(OC2OC(CO)C(OC3OC(CO)C(O)C(O)C3O)C(O)C2O)C(O)C1O)C(O)CCCCCC. The molecule has 3 saturated heterocycles. The van der Waals surface area contributed by atoms with Crippen LogP contribution in [0.1, 0.15) is 226 Å². The summed E-state index contributed by atoms with van der Waals surface area (Å²) >= 11 is 0. The lowest BCUT2D eigenvalue weighted by Crippen LogP contribution is -2.66. The molecule has 17 atom stereocenters. The number of carbonyl (C=O) groups excluding carboxylic acids is 1. The smallest absolute Gasteiger partial charge is 0.220 e. The average molecular weight is 1250 g/mol. The normalized spacial score (nSPS) is 28.9. The minimum absolute atomic E-state index is 0.252. The van der Waals surface area contributed by atoms with Crippen molar-refractivity contribution in [2.75, 3.05) is 26.4 Å². The molecule has 510 valence electrons. The summed E-state index contributed by atoms with van der Waals surface area (Å²) in [6.45, 7) is 1.53. The molecule has 12 N–H and O–H groups in total. The summed E-state index contributed by atoms with van der Waals surface area (Å²) in [5.41, 5.74) is 0. The highest BCUT2D eigenvalue weighted by molar-refractivity contribution is 5.76. The predicted octanol–water partition coefficient (Wildman–Crippen LogP) is 8.55. The largest absolute Gasteiger partial charge is 0.394 e. The van der Waals surface area contributed by atoms with Crippen LogP contribution < -0.4 is 5.32 Å². The molecule has 3 heterocycles. The Kier molecular flexibility index (Phi) is 45.8. The van der Waals surface area contributed by atoms with Crippen LogP contribution in [-0.2, 0) is 33.2 Å². The molecule has 19 nitrogen and oxygen atoms in total. The van der Waals surface area contributed by atoms with Crippen molar-refractivity contribution < 1.29 is 89.4 Å². The average Bonchev–Trinajstić information content (AvgIpc) is 1.13. The van der Waals surface area contributed by atoms with Gasteiger partial charge in [-0.15, -0.1) is 0 Å². The van der Waals surface area contributed by atoms with E-state index in [0.717, 1.165) is 77.0 Å². The van der Waals surface area contributed by atoms with Gasteiger partial charge in [0.05, 0.1) is 38.6 Å². The minimum Gasteiger partial charge on any atom is -0.394 e.